The molecule has 2 aromatic carbocycles. The van der Waals surface area contributed by atoms with Crippen molar-refractivity contribution in [1.82, 2.24) is 15.0 Å². The average molecular weight is 570 g/mol. The summed E-state index contributed by atoms with van der Waals surface area (Å²) < 4.78 is 0. The second-order valence-corrected chi connectivity index (χ2v) is 10.2. The number of rotatable bonds is 11. The standard InChI is InChI=1S/C41H35N3/c1-4-7-13-32(5-2)39-25-40(27-41(26-39)38-17-11-22-44-30-38)34-14-8-12-31(23-34)18-19-35(37-16-10-21-43-29-37)24-33(6-3)36-15-9-20-42-28-36/h4-17,19-30H,1,3,18H2,2H3/b13-7-,32-5+,33-24+,35-19+. The molecule has 0 spiro atoms. The fraction of sp³-hybridized carbons (Fsp3) is 0.0488. The molecule has 0 saturated heterocycles. The maximum Gasteiger partial charge on any atom is 0.0346 e. The Labute approximate surface area is 260 Å². The number of hydrogen-bond acceptors (Lipinski definition) is 3. The van der Waals surface area contributed by atoms with Crippen LogP contribution in [0.15, 0.2) is 172 Å². The minimum atomic E-state index is 0.753. The van der Waals surface area contributed by atoms with Crippen LogP contribution in [0, 0.1) is 0 Å². The lowest BCUT2D eigenvalue weighted by atomic mass is 9.92. The van der Waals surface area contributed by atoms with Crippen molar-refractivity contribution in [2.24, 2.45) is 0 Å². The molecule has 5 rings (SSSR count). The molecule has 0 atom stereocenters. The SMILES string of the molecule is C=C/C=C\C(=C/C)c1cc(-c2cccnc2)cc(-c2cccc(C/C=C(\C=C(/C=C)c3cccnc3)c3cccnc3)c2)c1. The Morgan fingerprint density at radius 3 is 1.91 bits per heavy atom. The van der Waals surface area contributed by atoms with Gasteiger partial charge in [-0.1, -0.05) is 92.1 Å². The lowest BCUT2D eigenvalue weighted by Gasteiger charge is -2.12. The van der Waals surface area contributed by atoms with Gasteiger partial charge in [-0.2, -0.15) is 0 Å². The molecule has 0 aliphatic carbocycles. The van der Waals surface area contributed by atoms with Gasteiger partial charge in [0.05, 0.1) is 0 Å². The zero-order valence-electron chi connectivity index (χ0n) is 25.0. The van der Waals surface area contributed by atoms with Crippen molar-refractivity contribution in [2.75, 3.05) is 0 Å². The van der Waals surface area contributed by atoms with E-state index in [1.54, 1.807) is 24.7 Å². The van der Waals surface area contributed by atoms with Crippen LogP contribution in [0.4, 0.5) is 0 Å². The first-order chi connectivity index (χ1) is 21.7. The number of pyridine rings is 3. The van der Waals surface area contributed by atoms with E-state index in [2.05, 4.69) is 114 Å². The summed E-state index contributed by atoms with van der Waals surface area (Å²) in [4.78, 5) is 13.0. The first-order valence-corrected chi connectivity index (χ1v) is 14.6. The first-order valence-electron chi connectivity index (χ1n) is 14.6. The zero-order valence-corrected chi connectivity index (χ0v) is 25.0. The Morgan fingerprint density at radius 1 is 0.636 bits per heavy atom. The molecule has 3 aromatic heterocycles. The van der Waals surface area contributed by atoms with Crippen LogP contribution in [0.1, 0.15) is 29.2 Å². The van der Waals surface area contributed by atoms with Gasteiger partial charge in [0, 0.05) is 42.7 Å². The topological polar surface area (TPSA) is 38.7 Å². The second kappa shape index (κ2) is 15.0. The third-order valence-electron chi connectivity index (χ3n) is 7.32. The molecular formula is C41H35N3. The van der Waals surface area contributed by atoms with E-state index in [1.165, 1.54) is 5.56 Å². The Bertz CT molecular complexity index is 1840. The molecule has 0 saturated carbocycles. The summed E-state index contributed by atoms with van der Waals surface area (Å²) in [5, 5.41) is 0. The Balaban J connectivity index is 1.54. The highest BCUT2D eigenvalue weighted by Gasteiger charge is 2.09. The van der Waals surface area contributed by atoms with Crippen molar-refractivity contribution in [1.29, 1.82) is 0 Å². The smallest absolute Gasteiger partial charge is 0.0346 e. The van der Waals surface area contributed by atoms with Gasteiger partial charge in [-0.15, -0.1) is 0 Å². The van der Waals surface area contributed by atoms with E-state index in [0.717, 1.165) is 62.1 Å². The van der Waals surface area contributed by atoms with Crippen LogP contribution < -0.4 is 0 Å². The summed E-state index contributed by atoms with van der Waals surface area (Å²) in [7, 11) is 0. The highest BCUT2D eigenvalue weighted by molar-refractivity contribution is 5.87. The molecular weight excluding hydrogens is 534 g/mol. The predicted molar refractivity (Wildman–Crippen MR) is 186 cm³/mol. The number of hydrogen-bond donors (Lipinski definition) is 0. The van der Waals surface area contributed by atoms with Gasteiger partial charge in [0.2, 0.25) is 0 Å². The fourth-order valence-electron chi connectivity index (χ4n) is 5.05. The fourth-order valence-corrected chi connectivity index (χ4v) is 5.05. The molecule has 44 heavy (non-hydrogen) atoms. The monoisotopic (exact) mass is 569 g/mol. The Morgan fingerprint density at radius 2 is 1.30 bits per heavy atom. The molecule has 3 heteroatoms. The predicted octanol–water partition coefficient (Wildman–Crippen LogP) is 10.2. The van der Waals surface area contributed by atoms with Crippen molar-refractivity contribution in [3.8, 4) is 22.3 Å². The van der Waals surface area contributed by atoms with E-state index in [1.807, 2.05) is 55.0 Å². The van der Waals surface area contributed by atoms with Gasteiger partial charge in [0.25, 0.3) is 0 Å². The van der Waals surface area contributed by atoms with Gasteiger partial charge >= 0.3 is 0 Å². The van der Waals surface area contributed by atoms with Crippen LogP contribution in [0.5, 0.6) is 0 Å². The molecule has 0 aliphatic rings. The van der Waals surface area contributed by atoms with E-state index in [4.69, 9.17) is 0 Å². The lowest BCUT2D eigenvalue weighted by Crippen LogP contribution is -1.91. The summed E-state index contributed by atoms with van der Waals surface area (Å²) in [5.41, 5.74) is 12.2. The molecule has 0 N–H and O–H groups in total. The van der Waals surface area contributed by atoms with Crippen molar-refractivity contribution in [3.63, 3.8) is 0 Å². The highest BCUT2D eigenvalue weighted by atomic mass is 14.6. The molecule has 0 unspecified atom stereocenters. The minimum absolute atomic E-state index is 0.753. The van der Waals surface area contributed by atoms with E-state index in [0.29, 0.717) is 0 Å². The summed E-state index contributed by atoms with van der Waals surface area (Å²) in [6, 6.07) is 27.6. The van der Waals surface area contributed by atoms with Crippen molar-refractivity contribution in [3.05, 3.63) is 194 Å². The van der Waals surface area contributed by atoms with Crippen LogP contribution >= 0.6 is 0 Å². The number of benzene rings is 2. The van der Waals surface area contributed by atoms with Crippen LogP contribution in [-0.4, -0.2) is 15.0 Å². The molecule has 0 fully saturated rings. The zero-order chi connectivity index (χ0) is 30.6. The van der Waals surface area contributed by atoms with Gasteiger partial charge in [0.1, 0.15) is 0 Å². The van der Waals surface area contributed by atoms with Gasteiger partial charge in [-0.05, 0) is 111 Å². The molecule has 0 radical (unpaired) electrons. The summed E-state index contributed by atoms with van der Waals surface area (Å²) >= 11 is 0. The molecule has 0 bridgehead atoms. The Kier molecular flexibility index (Phi) is 10.2. The summed E-state index contributed by atoms with van der Waals surface area (Å²) in [6.07, 6.45) is 26.1. The van der Waals surface area contributed by atoms with Crippen molar-refractivity contribution in [2.45, 2.75) is 13.3 Å². The molecule has 0 aliphatic heterocycles. The molecule has 0 amide bonds. The normalized spacial score (nSPS) is 12.3. The van der Waals surface area contributed by atoms with Gasteiger partial charge in [0.15, 0.2) is 0 Å². The van der Waals surface area contributed by atoms with E-state index >= 15 is 0 Å². The molecule has 214 valence electrons. The van der Waals surface area contributed by atoms with Crippen molar-refractivity contribution < 1.29 is 0 Å². The first kappa shape index (κ1) is 29.8. The van der Waals surface area contributed by atoms with E-state index in [-0.39, 0.29) is 0 Å². The quantitative estimate of drug-likeness (QED) is 0.149. The highest BCUT2D eigenvalue weighted by Crippen LogP contribution is 2.32. The Hall–Kier alpha value is -5.67. The third kappa shape index (κ3) is 7.58. The third-order valence-corrected chi connectivity index (χ3v) is 7.32. The number of aromatic nitrogens is 3. The second-order valence-electron chi connectivity index (χ2n) is 10.2. The van der Waals surface area contributed by atoms with E-state index < -0.39 is 0 Å². The maximum atomic E-state index is 4.37. The van der Waals surface area contributed by atoms with Crippen LogP contribution in [0.25, 0.3) is 39.0 Å². The summed E-state index contributed by atoms with van der Waals surface area (Å²) in [5.74, 6) is 0. The van der Waals surface area contributed by atoms with Crippen LogP contribution in [-0.2, 0) is 6.42 Å². The lowest BCUT2D eigenvalue weighted by molar-refractivity contribution is 1.26. The van der Waals surface area contributed by atoms with E-state index in [9.17, 15) is 0 Å². The summed E-state index contributed by atoms with van der Waals surface area (Å²) in [6.45, 7) is 9.97. The number of allylic oxidation sites excluding steroid dienone is 10. The minimum Gasteiger partial charge on any atom is -0.264 e. The van der Waals surface area contributed by atoms with Crippen LogP contribution in [0.3, 0.4) is 0 Å². The van der Waals surface area contributed by atoms with Gasteiger partial charge < -0.3 is 0 Å². The van der Waals surface area contributed by atoms with Gasteiger partial charge in [-0.25, -0.2) is 0 Å². The maximum absolute atomic E-state index is 4.37. The molecule has 3 nitrogen and oxygen atoms in total. The average Bonchev–Trinajstić information content (AvgIpc) is 3.10. The van der Waals surface area contributed by atoms with Crippen LogP contribution in [0.2, 0.25) is 0 Å². The number of nitrogens with zero attached hydrogens (tertiary/aromatic N) is 3. The van der Waals surface area contributed by atoms with Crippen molar-refractivity contribution >= 4 is 16.7 Å². The molecule has 5 aromatic rings. The van der Waals surface area contributed by atoms with Gasteiger partial charge in [-0.3, -0.25) is 15.0 Å². The molecule has 3 heterocycles. The largest absolute Gasteiger partial charge is 0.264 e.